The van der Waals surface area contributed by atoms with E-state index in [0.29, 0.717) is 0 Å². The maximum Gasteiger partial charge on any atom is 0.0314 e. The van der Waals surface area contributed by atoms with Crippen LogP contribution in [0.2, 0.25) is 0 Å². The average Bonchev–Trinajstić information content (AvgIpc) is 2.49. The van der Waals surface area contributed by atoms with E-state index in [0.717, 1.165) is 22.5 Å². The molecule has 0 amide bonds. The Morgan fingerprint density at radius 1 is 0.450 bits per heavy atom. The fraction of sp³-hybridized carbons (Fsp3) is 0. The van der Waals surface area contributed by atoms with Crippen molar-refractivity contribution in [2.45, 2.75) is 0 Å². The van der Waals surface area contributed by atoms with Crippen LogP contribution >= 0.6 is 0 Å². The molecule has 0 aromatic heterocycles. The molecule has 4 N–H and O–H groups in total. The van der Waals surface area contributed by atoms with Crippen molar-refractivity contribution >= 4 is 11.4 Å². The predicted molar refractivity (Wildman–Crippen MR) is 86.1 cm³/mol. The molecule has 3 aromatic carbocycles. The molecule has 0 atom stereocenters. The Morgan fingerprint density at radius 3 is 1.25 bits per heavy atom. The molecule has 0 aliphatic heterocycles. The number of rotatable bonds is 2. The Kier molecular flexibility index (Phi) is 3.13. The first-order valence-electron chi connectivity index (χ1n) is 6.54. The van der Waals surface area contributed by atoms with Crippen LogP contribution in [0.3, 0.4) is 0 Å². The minimum atomic E-state index is 0.781. The third-order valence-corrected chi connectivity index (χ3v) is 3.35. The second kappa shape index (κ2) is 5.10. The van der Waals surface area contributed by atoms with Crippen LogP contribution in [0.4, 0.5) is 11.4 Å². The lowest BCUT2D eigenvalue weighted by Gasteiger charge is -2.07. The summed E-state index contributed by atoms with van der Waals surface area (Å²) in [5, 5.41) is 0. The maximum absolute atomic E-state index is 5.73. The average molecular weight is 260 g/mol. The predicted octanol–water partition coefficient (Wildman–Crippen LogP) is 4.19. The van der Waals surface area contributed by atoms with E-state index in [2.05, 4.69) is 24.3 Å². The molecule has 20 heavy (non-hydrogen) atoms. The lowest BCUT2D eigenvalue weighted by atomic mass is 9.99. The number of hydrogen-bond donors (Lipinski definition) is 2. The maximum atomic E-state index is 5.73. The van der Waals surface area contributed by atoms with Gasteiger partial charge in [-0.2, -0.15) is 0 Å². The van der Waals surface area contributed by atoms with Crippen LogP contribution in [0.25, 0.3) is 22.3 Å². The molecule has 0 bridgehead atoms. The molecular weight excluding hydrogens is 244 g/mol. The summed E-state index contributed by atoms with van der Waals surface area (Å²) in [7, 11) is 0. The quantitative estimate of drug-likeness (QED) is 0.679. The topological polar surface area (TPSA) is 52.0 Å². The van der Waals surface area contributed by atoms with Crippen LogP contribution in [0, 0.1) is 0 Å². The minimum absolute atomic E-state index is 0.781. The summed E-state index contributed by atoms with van der Waals surface area (Å²) >= 11 is 0. The van der Waals surface area contributed by atoms with Crippen LogP contribution in [-0.4, -0.2) is 0 Å². The highest BCUT2D eigenvalue weighted by molar-refractivity contribution is 5.74. The monoisotopic (exact) mass is 260 g/mol. The zero-order chi connectivity index (χ0) is 13.9. The minimum Gasteiger partial charge on any atom is -0.399 e. The van der Waals surface area contributed by atoms with Crippen LogP contribution in [-0.2, 0) is 0 Å². The van der Waals surface area contributed by atoms with Gasteiger partial charge in [0, 0.05) is 11.4 Å². The largest absolute Gasteiger partial charge is 0.399 e. The molecule has 0 spiro atoms. The molecule has 0 radical (unpaired) electrons. The van der Waals surface area contributed by atoms with Gasteiger partial charge in [0.1, 0.15) is 0 Å². The van der Waals surface area contributed by atoms with E-state index >= 15 is 0 Å². The van der Waals surface area contributed by atoms with Crippen LogP contribution < -0.4 is 11.5 Å². The van der Waals surface area contributed by atoms with E-state index < -0.39 is 0 Å². The van der Waals surface area contributed by atoms with Crippen molar-refractivity contribution in [1.29, 1.82) is 0 Å². The van der Waals surface area contributed by atoms with Crippen molar-refractivity contribution in [2.24, 2.45) is 0 Å². The van der Waals surface area contributed by atoms with Crippen LogP contribution in [0.1, 0.15) is 0 Å². The van der Waals surface area contributed by atoms with E-state index in [9.17, 15) is 0 Å². The smallest absolute Gasteiger partial charge is 0.0314 e. The van der Waals surface area contributed by atoms with Gasteiger partial charge in [-0.05, 0) is 52.6 Å². The highest BCUT2D eigenvalue weighted by Crippen LogP contribution is 2.27. The van der Waals surface area contributed by atoms with Gasteiger partial charge in [-0.3, -0.25) is 0 Å². The van der Waals surface area contributed by atoms with Crippen molar-refractivity contribution in [3.8, 4) is 22.3 Å². The van der Waals surface area contributed by atoms with Gasteiger partial charge in [0.05, 0.1) is 0 Å². The highest BCUT2D eigenvalue weighted by atomic mass is 14.5. The van der Waals surface area contributed by atoms with Crippen molar-refractivity contribution in [3.63, 3.8) is 0 Å². The molecule has 98 valence electrons. The van der Waals surface area contributed by atoms with Gasteiger partial charge < -0.3 is 11.5 Å². The van der Waals surface area contributed by atoms with E-state index in [1.165, 1.54) is 11.1 Å². The number of benzene rings is 3. The number of hydrogen-bond acceptors (Lipinski definition) is 2. The van der Waals surface area contributed by atoms with Gasteiger partial charge in [-0.25, -0.2) is 0 Å². The molecule has 3 aromatic rings. The van der Waals surface area contributed by atoms with Crippen molar-refractivity contribution in [1.82, 2.24) is 0 Å². The highest BCUT2D eigenvalue weighted by Gasteiger charge is 2.01. The zero-order valence-corrected chi connectivity index (χ0v) is 11.1. The molecule has 3 rings (SSSR count). The summed E-state index contributed by atoms with van der Waals surface area (Å²) in [5.74, 6) is 0. The molecule has 2 heteroatoms. The van der Waals surface area contributed by atoms with Gasteiger partial charge in [0.25, 0.3) is 0 Å². The lowest BCUT2D eigenvalue weighted by molar-refractivity contribution is 1.58. The summed E-state index contributed by atoms with van der Waals surface area (Å²) in [4.78, 5) is 0. The van der Waals surface area contributed by atoms with Gasteiger partial charge in [0.2, 0.25) is 0 Å². The summed E-state index contributed by atoms with van der Waals surface area (Å²) in [6.45, 7) is 0. The number of anilines is 2. The third-order valence-electron chi connectivity index (χ3n) is 3.35. The van der Waals surface area contributed by atoms with Gasteiger partial charge in [0.15, 0.2) is 0 Å². The summed E-state index contributed by atoms with van der Waals surface area (Å²) in [6, 6.07) is 24.3. The Morgan fingerprint density at radius 2 is 0.850 bits per heavy atom. The van der Waals surface area contributed by atoms with E-state index in [4.69, 9.17) is 11.5 Å². The second-order valence-corrected chi connectivity index (χ2v) is 4.82. The van der Waals surface area contributed by atoms with Gasteiger partial charge in [-0.1, -0.05) is 42.5 Å². The molecular formula is C18H16N2. The molecule has 0 saturated carbocycles. The third kappa shape index (κ3) is 2.50. The molecule has 0 fully saturated rings. The first-order valence-corrected chi connectivity index (χ1v) is 6.54. The van der Waals surface area contributed by atoms with Gasteiger partial charge in [-0.15, -0.1) is 0 Å². The first kappa shape index (κ1) is 12.3. The number of nitrogens with two attached hydrogens (primary N) is 2. The summed E-state index contributed by atoms with van der Waals surface area (Å²) in [6.07, 6.45) is 0. The normalized spacial score (nSPS) is 10.4. The van der Waals surface area contributed by atoms with E-state index in [1.54, 1.807) is 0 Å². The fourth-order valence-corrected chi connectivity index (χ4v) is 2.23. The summed E-state index contributed by atoms with van der Waals surface area (Å²) < 4.78 is 0. The molecule has 2 nitrogen and oxygen atoms in total. The molecule has 0 aliphatic rings. The SMILES string of the molecule is Nc1ccc(-c2cccc(-c3ccc(N)cc3)c2)cc1. The molecule has 0 aliphatic carbocycles. The van der Waals surface area contributed by atoms with Crippen LogP contribution in [0.5, 0.6) is 0 Å². The van der Waals surface area contributed by atoms with E-state index in [-0.39, 0.29) is 0 Å². The van der Waals surface area contributed by atoms with Crippen molar-refractivity contribution < 1.29 is 0 Å². The summed E-state index contributed by atoms with van der Waals surface area (Å²) in [5.41, 5.74) is 17.7. The van der Waals surface area contributed by atoms with E-state index in [1.807, 2.05) is 48.5 Å². The van der Waals surface area contributed by atoms with Crippen molar-refractivity contribution in [2.75, 3.05) is 11.5 Å². The van der Waals surface area contributed by atoms with Crippen LogP contribution in [0.15, 0.2) is 72.8 Å². The zero-order valence-electron chi connectivity index (χ0n) is 11.1. The van der Waals surface area contributed by atoms with Crippen molar-refractivity contribution in [3.05, 3.63) is 72.8 Å². The first-order chi connectivity index (χ1) is 9.72. The Balaban J connectivity index is 2.01. The lowest BCUT2D eigenvalue weighted by Crippen LogP contribution is -1.86. The standard InChI is InChI=1S/C18H16N2/c19-17-8-4-13(5-9-17)15-2-1-3-16(12-15)14-6-10-18(20)11-7-14/h1-12H,19-20H2. The molecule has 0 heterocycles. The fourth-order valence-electron chi connectivity index (χ4n) is 2.23. The Labute approximate surface area is 118 Å². The second-order valence-electron chi connectivity index (χ2n) is 4.82. The molecule has 0 saturated heterocycles. The molecule has 0 unspecified atom stereocenters. The Bertz CT molecular complexity index is 652. The van der Waals surface area contributed by atoms with Gasteiger partial charge >= 0.3 is 0 Å². The Hall–Kier alpha value is -2.74. The number of nitrogen functional groups attached to an aromatic ring is 2.